The first-order chi connectivity index (χ1) is 65.2. The van der Waals surface area contributed by atoms with Crippen LogP contribution in [0.2, 0.25) is 0 Å². The number of furan rings is 5. The Morgan fingerprint density at radius 3 is 1.22 bits per heavy atom. The summed E-state index contributed by atoms with van der Waals surface area (Å²) >= 11 is 0. The summed E-state index contributed by atoms with van der Waals surface area (Å²) in [5.74, 6) is -5.23. The predicted octanol–water partition coefficient (Wildman–Crippen LogP) is 19.1. The van der Waals surface area contributed by atoms with Crippen molar-refractivity contribution in [1.82, 2.24) is 9.78 Å². The van der Waals surface area contributed by atoms with E-state index in [2.05, 4.69) is 38.6 Å². The van der Waals surface area contributed by atoms with Crippen molar-refractivity contribution < 1.29 is 125 Å². The molecule has 1 amide bonds. The molecule has 0 radical (unpaired) electrons. The largest absolute Gasteiger partial charge is 0.505 e. The number of aromatic carboxylic acids is 5. The molecular formula is C96H92BBr2N11O29. The van der Waals surface area contributed by atoms with Crippen molar-refractivity contribution in [3.05, 3.63) is 294 Å². The number of nitro groups is 2. The highest BCUT2D eigenvalue weighted by Crippen LogP contribution is 2.44. The second-order valence-corrected chi connectivity index (χ2v) is 31.6. The zero-order chi connectivity index (χ0) is 99.2. The number of rotatable bonds is 20. The third-order valence-electron chi connectivity index (χ3n) is 22.0. The summed E-state index contributed by atoms with van der Waals surface area (Å²) in [4.78, 5) is 99.3. The van der Waals surface area contributed by atoms with Crippen molar-refractivity contribution in [3.63, 3.8) is 0 Å². The molecule has 6 aromatic heterocycles. The summed E-state index contributed by atoms with van der Waals surface area (Å²) in [7, 11) is 3.51. The lowest BCUT2D eigenvalue weighted by Crippen LogP contribution is -2.41. The first-order valence-electron chi connectivity index (χ1n) is 41.6. The number of carboxylic acids is 5. The molecule has 1 fully saturated rings. The quantitative estimate of drug-likeness (QED) is 0.00842. The Labute approximate surface area is 810 Å². The predicted molar refractivity (Wildman–Crippen MR) is 521 cm³/mol. The minimum absolute atomic E-state index is 0. The van der Waals surface area contributed by atoms with Gasteiger partial charge in [-0.1, -0.05) is 54.6 Å². The van der Waals surface area contributed by atoms with E-state index in [9.17, 15) is 69.1 Å². The molecule has 8 heterocycles. The lowest BCUT2D eigenvalue weighted by Gasteiger charge is -2.32. The Balaban J connectivity index is 0.000000170. The van der Waals surface area contributed by atoms with Gasteiger partial charge < -0.3 is 104 Å². The number of hydrogen-bond acceptors (Lipinski definition) is 30. The number of hydrogen-bond donors (Lipinski definition) is 12. The molecule has 0 unspecified atom stereocenters. The van der Waals surface area contributed by atoms with Gasteiger partial charge in [-0.2, -0.15) is 5.10 Å². The van der Waals surface area contributed by atoms with Crippen LogP contribution in [-0.4, -0.2) is 142 Å². The third kappa shape index (κ3) is 23.9. The second-order valence-electron chi connectivity index (χ2n) is 31.6. The molecule has 15 N–H and O–H groups in total. The molecule has 1 saturated heterocycles. The van der Waals surface area contributed by atoms with E-state index in [0.717, 1.165) is 42.8 Å². The maximum absolute atomic E-state index is 13.0. The molecule has 18 rings (SSSR count). The molecule has 0 saturated carbocycles. The van der Waals surface area contributed by atoms with Gasteiger partial charge in [-0.05, 0) is 242 Å². The van der Waals surface area contributed by atoms with Gasteiger partial charge in [0.15, 0.2) is 22.9 Å². The number of aryl methyl sites for hydroxylation is 5. The maximum atomic E-state index is 13.0. The number of phenolic OH excluding ortho intramolecular Hbond substituents is 3. The fourth-order valence-corrected chi connectivity index (χ4v) is 14.5. The summed E-state index contributed by atoms with van der Waals surface area (Å²) in [6, 6.07) is 54.7. The van der Waals surface area contributed by atoms with E-state index in [1.165, 1.54) is 145 Å². The van der Waals surface area contributed by atoms with Crippen molar-refractivity contribution in [2.24, 2.45) is 15.3 Å². The number of benzene rings is 8. The average molecular weight is 2030 g/mol. The number of amides is 1. The van der Waals surface area contributed by atoms with Crippen molar-refractivity contribution in [1.29, 1.82) is 0 Å². The number of nitrogens with one attached hydrogen (secondary N) is 1. The number of fused-ring (bicyclic) bond motifs is 2. The number of aromatic amines is 1. The number of nitro benzene ring substituents is 2. The number of nitrogen functional groups attached to an aromatic ring is 3. The van der Waals surface area contributed by atoms with Crippen LogP contribution in [0.4, 0.5) is 45.5 Å². The second kappa shape index (κ2) is 45.0. The van der Waals surface area contributed by atoms with Gasteiger partial charge in [0.25, 0.3) is 11.5 Å². The number of carboxylic acid groups (broad SMARTS) is 5. The highest BCUT2D eigenvalue weighted by atomic mass is 79.9. The number of methoxy groups -OCH3 is 3. The highest BCUT2D eigenvalue weighted by molar-refractivity contribution is 8.93. The van der Waals surface area contributed by atoms with Gasteiger partial charge in [-0.3, -0.25) is 34.9 Å². The number of aromatic nitrogens is 2. The van der Waals surface area contributed by atoms with Crippen LogP contribution in [0.3, 0.4) is 0 Å². The van der Waals surface area contributed by atoms with Crippen LogP contribution in [0.1, 0.15) is 135 Å². The number of para-hydroxylation sites is 6. The molecule has 43 heteroatoms. The Bertz CT molecular complexity index is 6970. The van der Waals surface area contributed by atoms with E-state index in [4.69, 9.17) is 88.3 Å². The van der Waals surface area contributed by atoms with E-state index in [1.54, 1.807) is 97.9 Å². The Hall–Kier alpha value is -16.8. The van der Waals surface area contributed by atoms with E-state index < -0.39 is 58.0 Å². The number of carbonyl (C=O) groups excluding carboxylic acids is 1. The number of carbonyl (C=O) groups is 6. The maximum Gasteiger partial charge on any atom is 0.498 e. The third-order valence-corrected chi connectivity index (χ3v) is 22.0. The van der Waals surface area contributed by atoms with E-state index >= 15 is 0 Å². The van der Waals surface area contributed by atoms with Gasteiger partial charge in [-0.15, -0.1) is 44.2 Å². The van der Waals surface area contributed by atoms with Crippen LogP contribution in [0.25, 0.3) is 62.3 Å². The number of nitrogens with zero attached hydrogens (tertiary/aromatic N) is 7. The molecule has 722 valence electrons. The first-order valence-corrected chi connectivity index (χ1v) is 41.6. The van der Waals surface area contributed by atoms with Crippen LogP contribution in [0.15, 0.2) is 248 Å². The number of nitrogens with two attached hydrogens (primary N) is 3. The monoisotopic (exact) mass is 2030 g/mol. The summed E-state index contributed by atoms with van der Waals surface area (Å²) in [5, 5.41) is 113. The van der Waals surface area contributed by atoms with E-state index in [0.29, 0.717) is 57.0 Å². The number of aromatic hydroxyl groups is 3. The Morgan fingerprint density at radius 1 is 0.453 bits per heavy atom. The van der Waals surface area contributed by atoms with E-state index in [1.807, 2.05) is 52.8 Å². The van der Waals surface area contributed by atoms with Crippen molar-refractivity contribution >= 4 is 134 Å². The van der Waals surface area contributed by atoms with Crippen LogP contribution < -0.4 is 47.4 Å². The van der Waals surface area contributed by atoms with Crippen molar-refractivity contribution in [2.75, 3.05) is 43.5 Å². The number of hydrazone groups is 1. The molecule has 2 aliphatic carbocycles. The number of halogens is 2. The topological polar surface area (TPSA) is 619 Å². The van der Waals surface area contributed by atoms with Crippen LogP contribution in [-0.2, 0) is 39.8 Å². The smallest absolute Gasteiger partial charge is 0.498 e. The fraction of sp³-hybridized carbons (Fsp3) is 0.188. The first kappa shape index (κ1) is 104. The molecule has 8 aromatic carbocycles. The molecule has 139 heavy (non-hydrogen) atoms. The fourth-order valence-electron chi connectivity index (χ4n) is 14.5. The van der Waals surface area contributed by atoms with Crippen LogP contribution in [0, 0.1) is 27.2 Å². The number of H-pyrrole nitrogens is 1. The average Bonchev–Trinajstić information content (AvgIpc) is 1.61. The zero-order valence-corrected chi connectivity index (χ0v) is 78.9. The van der Waals surface area contributed by atoms with Gasteiger partial charge in [-0.25, -0.2) is 33.7 Å². The minimum atomic E-state index is -1.21. The van der Waals surface area contributed by atoms with E-state index in [-0.39, 0.29) is 166 Å². The zero-order valence-electron chi connectivity index (χ0n) is 75.5. The normalized spacial score (nSPS) is 13.1. The highest BCUT2D eigenvalue weighted by Gasteiger charge is 2.53. The number of phenols is 3. The molecule has 2 aliphatic heterocycles. The van der Waals surface area contributed by atoms with Crippen LogP contribution in [0.5, 0.6) is 34.5 Å². The minimum Gasteiger partial charge on any atom is -0.505 e. The number of anilines is 4. The standard InChI is InChI=1S/C24H20N4O5.C13H18BNO5.C13H14N2O.C12H9NO6.C12H11NO4.2C11H9NO4.2BrH/c1-13-21(23(30)28(27-13)16-9-8-14-4-2-5-15(14)12-16)26-25-18-7-3-6-17(22(18)29)19-10-11-20(33-19)24(31)32;1-12(2)13(3,4)20-14(19-12)9-7-6-8-10(15(16)17)11(9)18-5;1-9-7-13(16)15(14-9)12-6-5-10-3-2-4-11(10)8-12;1-18-11-7(3-2-4-8(11)13(16)17)9-5-6-10(19-9)12(14)15;1-16-11-7(3-2-4-8(11)13)9-5-6-10(17-9)12(14)15;2*12-7-3-1-2-6(10(7)13)8-4-5-9(16-8)11(14)15;;/h3,6-12,27,29H,2,4-5H2,1H3,(H,31,32);6-8H,1-5H3;5-6,8H,2-4,7H2,1H3;2-6H,1H3,(H,14,15);2-6H,13H2,1H3,(H,14,15);2*1-5,13H,12H2,(H,14,15);2*1H. The lowest BCUT2D eigenvalue weighted by atomic mass is 9.78. The Morgan fingerprint density at radius 2 is 0.813 bits per heavy atom. The summed E-state index contributed by atoms with van der Waals surface area (Å²) < 4.78 is 54.3. The van der Waals surface area contributed by atoms with Gasteiger partial charge in [0.1, 0.15) is 46.0 Å². The van der Waals surface area contributed by atoms with Gasteiger partial charge in [0, 0.05) is 23.3 Å². The summed E-state index contributed by atoms with van der Waals surface area (Å²) in [5.41, 5.74) is 27.2. The van der Waals surface area contributed by atoms with Crippen molar-refractivity contribution in [3.8, 4) is 96.8 Å². The molecule has 14 aromatic rings. The Kier molecular flexibility index (Phi) is 33.8. The van der Waals surface area contributed by atoms with Crippen molar-refractivity contribution in [2.45, 2.75) is 97.7 Å². The van der Waals surface area contributed by atoms with Gasteiger partial charge in [0.2, 0.25) is 34.6 Å². The molecule has 4 aliphatic rings. The lowest BCUT2D eigenvalue weighted by molar-refractivity contribution is -0.385. The molecule has 40 nitrogen and oxygen atoms in total. The number of ether oxygens (including phenoxy) is 3. The van der Waals surface area contributed by atoms with Gasteiger partial charge in [0.05, 0.1) is 111 Å². The molecular weight excluding hydrogens is 1940 g/mol. The summed E-state index contributed by atoms with van der Waals surface area (Å²) in [6.45, 7) is 11.3. The SMILES string of the molecule is Br.Br.CC1=NN(c2ccc3c(c2)CCC3)C(=O)C1.COc1c(-c2ccc(C(=O)O)o2)cccc1[N+](=O)[O-].COc1c(B2OC(C)(C)C(C)(C)O2)cccc1[N+](=O)[O-].COc1c(N)cccc1-c1ccc(C(=O)O)o1.Cc1[nH]n(-c2ccc3c(c2)CCC3)c(=O)c1N=Nc1cccc(-c2ccc(C(=O)O)o2)c1O.Nc1cccc(-c2ccc(C(=O)O)o2)c1O.Nc1cccc(-c2ccc(C(=O)O)o2)c1O. The molecule has 0 bridgehead atoms. The molecule has 0 spiro atoms. The van der Waals surface area contributed by atoms with Gasteiger partial charge >= 0.3 is 48.3 Å². The van der Waals surface area contributed by atoms with Crippen LogP contribution >= 0.6 is 34.0 Å². The number of azo groups is 1. The molecule has 0 atom stereocenters. The summed E-state index contributed by atoms with van der Waals surface area (Å²) in [6.07, 6.45) is 7.18.